The summed E-state index contributed by atoms with van der Waals surface area (Å²) in [5, 5.41) is 8.70. The highest BCUT2D eigenvalue weighted by Crippen LogP contribution is 2.26. The van der Waals surface area contributed by atoms with Gasteiger partial charge in [-0.1, -0.05) is 59.6 Å². The van der Waals surface area contributed by atoms with Crippen molar-refractivity contribution in [3.63, 3.8) is 0 Å². The van der Waals surface area contributed by atoms with Crippen molar-refractivity contribution in [2.24, 2.45) is 0 Å². The van der Waals surface area contributed by atoms with Crippen LogP contribution >= 0.6 is 11.6 Å². The molecule has 0 saturated heterocycles. The molecule has 4 aromatic rings. The molecule has 0 radical (unpaired) electrons. The molecule has 4 rings (SSSR count). The first-order valence-electron chi connectivity index (χ1n) is 8.76. The van der Waals surface area contributed by atoms with E-state index in [2.05, 4.69) is 10.2 Å². The standard InChI is InChI=1S/C22H17ClFN3O/c1-15-7-9-16(10-8-15)22-26-25-21(14-28-18-5-3-2-4-6-18)27(22)17-11-12-20(24)19(23)13-17/h2-13H,14H2,1H3. The van der Waals surface area contributed by atoms with Crippen molar-refractivity contribution in [3.8, 4) is 22.8 Å². The summed E-state index contributed by atoms with van der Waals surface area (Å²) in [4.78, 5) is 0. The number of halogens is 2. The third kappa shape index (κ3) is 3.75. The van der Waals surface area contributed by atoms with Gasteiger partial charge >= 0.3 is 0 Å². The number of rotatable bonds is 5. The number of aromatic nitrogens is 3. The second-order valence-corrected chi connectivity index (χ2v) is 6.75. The van der Waals surface area contributed by atoms with Gasteiger partial charge in [-0.25, -0.2) is 4.39 Å². The maximum absolute atomic E-state index is 13.7. The lowest BCUT2D eigenvalue weighted by Crippen LogP contribution is -2.07. The average Bonchev–Trinajstić information content (AvgIpc) is 3.14. The van der Waals surface area contributed by atoms with Crippen molar-refractivity contribution in [2.45, 2.75) is 13.5 Å². The number of hydrogen-bond acceptors (Lipinski definition) is 3. The first-order chi connectivity index (χ1) is 13.6. The van der Waals surface area contributed by atoms with Crippen LogP contribution in [0.2, 0.25) is 5.02 Å². The summed E-state index contributed by atoms with van der Waals surface area (Å²) in [7, 11) is 0. The van der Waals surface area contributed by atoms with E-state index in [1.54, 1.807) is 12.1 Å². The van der Waals surface area contributed by atoms with Gasteiger partial charge in [0.25, 0.3) is 0 Å². The van der Waals surface area contributed by atoms with Crippen molar-refractivity contribution in [1.82, 2.24) is 14.8 Å². The highest BCUT2D eigenvalue weighted by Gasteiger charge is 2.17. The first kappa shape index (κ1) is 18.2. The maximum atomic E-state index is 13.7. The summed E-state index contributed by atoms with van der Waals surface area (Å²) in [6.07, 6.45) is 0. The first-order valence-corrected chi connectivity index (χ1v) is 9.14. The molecule has 0 atom stereocenters. The Labute approximate surface area is 167 Å². The van der Waals surface area contributed by atoms with E-state index in [0.29, 0.717) is 17.3 Å². The molecule has 0 aliphatic heterocycles. The van der Waals surface area contributed by atoms with E-state index in [-0.39, 0.29) is 11.6 Å². The maximum Gasteiger partial charge on any atom is 0.175 e. The SMILES string of the molecule is Cc1ccc(-c2nnc(COc3ccccc3)n2-c2ccc(F)c(Cl)c2)cc1. The topological polar surface area (TPSA) is 39.9 Å². The van der Waals surface area contributed by atoms with Gasteiger partial charge in [-0.2, -0.15) is 0 Å². The molecule has 28 heavy (non-hydrogen) atoms. The van der Waals surface area contributed by atoms with Crippen LogP contribution in [0, 0.1) is 12.7 Å². The Hall–Kier alpha value is -3.18. The minimum atomic E-state index is -0.475. The van der Waals surface area contributed by atoms with Gasteiger partial charge in [0, 0.05) is 5.56 Å². The van der Waals surface area contributed by atoms with Crippen LogP contribution in [-0.2, 0) is 6.61 Å². The number of hydrogen-bond donors (Lipinski definition) is 0. The number of benzene rings is 3. The molecule has 0 aliphatic carbocycles. The largest absolute Gasteiger partial charge is 0.486 e. The molecule has 0 N–H and O–H groups in total. The Morgan fingerprint density at radius 2 is 1.71 bits per heavy atom. The minimum Gasteiger partial charge on any atom is -0.486 e. The lowest BCUT2D eigenvalue weighted by molar-refractivity contribution is 0.293. The molecule has 0 aliphatic rings. The Kier molecular flexibility index (Phi) is 5.08. The second-order valence-electron chi connectivity index (χ2n) is 6.34. The van der Waals surface area contributed by atoms with Crippen molar-refractivity contribution in [2.75, 3.05) is 0 Å². The monoisotopic (exact) mass is 393 g/mol. The highest BCUT2D eigenvalue weighted by atomic mass is 35.5. The van der Waals surface area contributed by atoms with Crippen LogP contribution in [0.5, 0.6) is 5.75 Å². The lowest BCUT2D eigenvalue weighted by atomic mass is 10.1. The van der Waals surface area contributed by atoms with Crippen LogP contribution in [0.4, 0.5) is 4.39 Å². The van der Waals surface area contributed by atoms with E-state index >= 15 is 0 Å². The predicted molar refractivity (Wildman–Crippen MR) is 107 cm³/mol. The Balaban J connectivity index is 1.77. The van der Waals surface area contributed by atoms with Gasteiger partial charge in [-0.3, -0.25) is 4.57 Å². The molecule has 0 fully saturated rings. The summed E-state index contributed by atoms with van der Waals surface area (Å²) < 4.78 is 21.4. The van der Waals surface area contributed by atoms with E-state index in [0.717, 1.165) is 16.9 Å². The predicted octanol–water partition coefficient (Wildman–Crippen LogP) is 5.61. The molecule has 4 nitrogen and oxygen atoms in total. The third-order valence-electron chi connectivity index (χ3n) is 4.31. The molecule has 0 amide bonds. The van der Waals surface area contributed by atoms with Crippen molar-refractivity contribution in [1.29, 1.82) is 0 Å². The molecular weight excluding hydrogens is 377 g/mol. The number of ether oxygens (including phenoxy) is 1. The van der Waals surface area contributed by atoms with Crippen LogP contribution in [0.15, 0.2) is 72.8 Å². The quantitative estimate of drug-likeness (QED) is 0.442. The van der Waals surface area contributed by atoms with Crippen molar-refractivity contribution in [3.05, 3.63) is 95.0 Å². The zero-order valence-electron chi connectivity index (χ0n) is 15.1. The fourth-order valence-electron chi connectivity index (χ4n) is 2.86. The summed E-state index contributed by atoms with van der Waals surface area (Å²) in [5.74, 6) is 1.47. The zero-order chi connectivity index (χ0) is 19.5. The number of aryl methyl sites for hydroxylation is 1. The average molecular weight is 394 g/mol. The molecule has 6 heteroatoms. The minimum absolute atomic E-state index is 0.0379. The van der Waals surface area contributed by atoms with Crippen LogP contribution in [0.3, 0.4) is 0 Å². The molecule has 0 saturated carbocycles. The zero-order valence-corrected chi connectivity index (χ0v) is 15.9. The van der Waals surface area contributed by atoms with E-state index < -0.39 is 5.82 Å². The van der Waals surface area contributed by atoms with Gasteiger partial charge in [0.1, 0.15) is 18.2 Å². The van der Waals surface area contributed by atoms with E-state index in [1.807, 2.05) is 66.1 Å². The fourth-order valence-corrected chi connectivity index (χ4v) is 3.03. The van der Waals surface area contributed by atoms with E-state index in [1.165, 1.54) is 6.07 Å². The summed E-state index contributed by atoms with van der Waals surface area (Å²) in [5.41, 5.74) is 2.70. The fraction of sp³-hybridized carbons (Fsp3) is 0.0909. The van der Waals surface area contributed by atoms with E-state index in [4.69, 9.17) is 16.3 Å². The van der Waals surface area contributed by atoms with Gasteiger partial charge < -0.3 is 4.74 Å². The van der Waals surface area contributed by atoms with Crippen LogP contribution < -0.4 is 4.74 Å². The van der Waals surface area contributed by atoms with Crippen molar-refractivity contribution >= 4 is 11.6 Å². The summed E-state index contributed by atoms with van der Waals surface area (Å²) in [6, 6.07) is 22.0. The molecule has 3 aromatic carbocycles. The highest BCUT2D eigenvalue weighted by molar-refractivity contribution is 6.30. The third-order valence-corrected chi connectivity index (χ3v) is 4.60. The van der Waals surface area contributed by atoms with Crippen LogP contribution in [0.25, 0.3) is 17.1 Å². The normalized spacial score (nSPS) is 10.8. The smallest absolute Gasteiger partial charge is 0.175 e. The summed E-state index contributed by atoms with van der Waals surface area (Å²) >= 11 is 6.01. The Morgan fingerprint density at radius 1 is 0.964 bits per heavy atom. The molecule has 0 bridgehead atoms. The molecule has 0 unspecified atom stereocenters. The van der Waals surface area contributed by atoms with Crippen molar-refractivity contribution < 1.29 is 9.13 Å². The van der Waals surface area contributed by atoms with Gasteiger partial charge in [-0.15, -0.1) is 10.2 Å². The molecule has 0 spiro atoms. The van der Waals surface area contributed by atoms with Crippen LogP contribution in [-0.4, -0.2) is 14.8 Å². The van der Waals surface area contributed by atoms with Crippen LogP contribution in [0.1, 0.15) is 11.4 Å². The molecule has 1 aromatic heterocycles. The summed E-state index contributed by atoms with van der Waals surface area (Å²) in [6.45, 7) is 2.23. The van der Waals surface area contributed by atoms with Gasteiger partial charge in [-0.05, 0) is 37.3 Å². The Bertz CT molecular complexity index is 1090. The number of para-hydroxylation sites is 1. The van der Waals surface area contributed by atoms with Gasteiger partial charge in [0.15, 0.2) is 11.6 Å². The number of nitrogens with zero attached hydrogens (tertiary/aromatic N) is 3. The van der Waals surface area contributed by atoms with E-state index in [9.17, 15) is 4.39 Å². The van der Waals surface area contributed by atoms with Gasteiger partial charge in [0.2, 0.25) is 0 Å². The molecular formula is C22H17ClFN3O. The molecule has 140 valence electrons. The molecule has 1 heterocycles. The Morgan fingerprint density at radius 3 is 2.43 bits per heavy atom. The van der Waals surface area contributed by atoms with Gasteiger partial charge in [0.05, 0.1) is 10.7 Å². The second kappa shape index (κ2) is 7.82. The lowest BCUT2D eigenvalue weighted by Gasteiger charge is -2.12.